The molecule has 1 heterocycles. The molecule has 0 aliphatic heterocycles. The summed E-state index contributed by atoms with van der Waals surface area (Å²) in [5, 5.41) is 32.2. The number of ether oxygens (including phenoxy) is 1. The lowest BCUT2D eigenvalue weighted by molar-refractivity contribution is 0.271. The van der Waals surface area contributed by atoms with Crippen molar-refractivity contribution in [1.82, 2.24) is 9.78 Å². The van der Waals surface area contributed by atoms with Crippen molar-refractivity contribution < 1.29 is 9.84 Å². The normalized spacial score (nSPS) is 13.1. The zero-order valence-electron chi connectivity index (χ0n) is 22.7. The molecule has 210 valence electrons. The summed E-state index contributed by atoms with van der Waals surface area (Å²) in [4.78, 5) is 0. The molecule has 3 aromatic rings. The zero-order chi connectivity index (χ0) is 28.4. The van der Waals surface area contributed by atoms with Crippen LogP contribution >= 0.6 is 34.8 Å². The molecule has 2 aromatic carbocycles. The third-order valence-corrected chi connectivity index (χ3v) is 6.50. The minimum absolute atomic E-state index is 0.0323. The van der Waals surface area contributed by atoms with Crippen LogP contribution in [0.25, 0.3) is 0 Å². The fourth-order valence-corrected chi connectivity index (χ4v) is 4.08. The summed E-state index contributed by atoms with van der Waals surface area (Å²) in [6, 6.07) is 14.4. The molecular weight excluding hydrogens is 559 g/mol. The summed E-state index contributed by atoms with van der Waals surface area (Å²) >= 11 is 18.4. The van der Waals surface area contributed by atoms with E-state index in [1.807, 2.05) is 24.3 Å². The van der Waals surface area contributed by atoms with E-state index in [2.05, 4.69) is 53.3 Å². The molecule has 0 radical (unpaired) electrons. The van der Waals surface area contributed by atoms with Crippen molar-refractivity contribution in [3.05, 3.63) is 54.2 Å². The first kappa shape index (κ1) is 30.9. The Morgan fingerprint density at radius 3 is 1.92 bits per heavy atom. The van der Waals surface area contributed by atoms with E-state index in [9.17, 15) is 5.11 Å². The zero-order valence-corrected chi connectivity index (χ0v) is 25.0. The average molecular weight is 594 g/mol. The maximum absolute atomic E-state index is 10.8. The van der Waals surface area contributed by atoms with Crippen LogP contribution in [-0.4, -0.2) is 21.5 Å². The largest absolute Gasteiger partial charge is 0.493 e. The number of unbranched alkanes of at least 4 members (excludes halogenated alkanes) is 1. The van der Waals surface area contributed by atoms with Gasteiger partial charge < -0.3 is 9.84 Å². The van der Waals surface area contributed by atoms with Crippen LogP contribution in [0.15, 0.2) is 69.0 Å². The van der Waals surface area contributed by atoms with E-state index in [4.69, 9.17) is 39.5 Å². The van der Waals surface area contributed by atoms with E-state index in [-0.39, 0.29) is 17.3 Å². The molecule has 0 amide bonds. The van der Waals surface area contributed by atoms with Crippen molar-refractivity contribution in [2.75, 3.05) is 6.61 Å². The molecule has 1 N–H and O–H groups in total. The Morgan fingerprint density at radius 1 is 0.897 bits per heavy atom. The smallest absolute Gasteiger partial charge is 0.238 e. The van der Waals surface area contributed by atoms with Gasteiger partial charge in [0.1, 0.15) is 11.4 Å². The second-order valence-corrected chi connectivity index (χ2v) is 12.0. The van der Waals surface area contributed by atoms with Crippen LogP contribution in [0.2, 0.25) is 0 Å². The lowest BCUT2D eigenvalue weighted by Gasteiger charge is -2.14. The molecule has 0 bridgehead atoms. The highest BCUT2D eigenvalue weighted by Crippen LogP contribution is 2.46. The second-order valence-electron chi connectivity index (χ2n) is 9.73. The van der Waals surface area contributed by atoms with Gasteiger partial charge in [-0.2, -0.15) is 20.4 Å². The molecule has 1 unspecified atom stereocenters. The number of rotatable bonds is 13. The SMILES string of the molecule is CCCCC(CC)Cn1nc(C(Cl)(Cl)Cl)c(/N=N/c2ccc(/N=N/c3ccc(OCC(C)C)cc3)cc2)c1O. The lowest BCUT2D eigenvalue weighted by atomic mass is 9.99. The monoisotopic (exact) mass is 592 g/mol. The van der Waals surface area contributed by atoms with Crippen LogP contribution in [0.4, 0.5) is 22.7 Å². The molecule has 3 rings (SSSR count). The summed E-state index contributed by atoms with van der Waals surface area (Å²) in [5.74, 6) is 1.41. The molecule has 8 nitrogen and oxygen atoms in total. The number of alkyl halides is 3. The van der Waals surface area contributed by atoms with Crippen LogP contribution in [0.5, 0.6) is 11.6 Å². The van der Waals surface area contributed by atoms with Crippen LogP contribution < -0.4 is 4.74 Å². The van der Waals surface area contributed by atoms with Crippen molar-refractivity contribution in [2.45, 2.75) is 63.7 Å². The predicted octanol–water partition coefficient (Wildman–Crippen LogP) is 10.5. The standard InChI is InChI=1S/C28H35Cl3N6O2/c1-5-7-8-20(6-2)17-37-27(38)25(26(36-37)28(29,30)31)35-34-22-11-9-21(10-12-22)32-33-23-13-15-24(16-14-23)39-18-19(3)4/h9-16,19-20,38H,5-8,17-18H2,1-4H3/b33-32+,35-34+. The van der Waals surface area contributed by atoms with Crippen molar-refractivity contribution in [2.24, 2.45) is 32.3 Å². The number of nitrogens with zero attached hydrogens (tertiary/aromatic N) is 6. The first-order valence-electron chi connectivity index (χ1n) is 13.1. The Bertz CT molecular complexity index is 1240. The van der Waals surface area contributed by atoms with Gasteiger partial charge in [-0.3, -0.25) is 0 Å². The summed E-state index contributed by atoms with van der Waals surface area (Å²) < 4.78 is 5.27. The fraction of sp³-hybridized carbons (Fsp3) is 0.464. The Labute approximate surface area is 245 Å². The molecule has 0 aliphatic rings. The number of benzene rings is 2. The number of azo groups is 2. The third-order valence-electron chi connectivity index (χ3n) is 5.96. The number of hydrogen-bond donors (Lipinski definition) is 1. The van der Waals surface area contributed by atoms with Gasteiger partial charge in [0.25, 0.3) is 0 Å². The van der Waals surface area contributed by atoms with Crippen molar-refractivity contribution in [3.8, 4) is 11.6 Å². The molecule has 0 saturated heterocycles. The van der Waals surface area contributed by atoms with Gasteiger partial charge in [0.05, 0.1) is 23.7 Å². The highest BCUT2D eigenvalue weighted by Gasteiger charge is 2.34. The van der Waals surface area contributed by atoms with Gasteiger partial charge in [-0.15, -0.1) is 5.11 Å². The lowest BCUT2D eigenvalue weighted by Crippen LogP contribution is -2.12. The van der Waals surface area contributed by atoms with E-state index in [1.165, 1.54) is 4.68 Å². The van der Waals surface area contributed by atoms with Crippen LogP contribution in [0.1, 0.15) is 59.1 Å². The average Bonchev–Trinajstić information content (AvgIpc) is 3.23. The number of hydrogen-bond acceptors (Lipinski definition) is 7. The molecule has 0 aliphatic carbocycles. The highest BCUT2D eigenvalue weighted by atomic mass is 35.6. The van der Waals surface area contributed by atoms with E-state index in [0.29, 0.717) is 42.0 Å². The summed E-state index contributed by atoms with van der Waals surface area (Å²) in [6.07, 6.45) is 4.16. The molecule has 1 atom stereocenters. The van der Waals surface area contributed by atoms with Gasteiger partial charge in [-0.05, 0) is 66.8 Å². The first-order valence-corrected chi connectivity index (χ1v) is 14.3. The van der Waals surface area contributed by atoms with Crippen molar-refractivity contribution in [1.29, 1.82) is 0 Å². The van der Waals surface area contributed by atoms with E-state index in [0.717, 1.165) is 31.4 Å². The number of aromatic hydroxyl groups is 1. The summed E-state index contributed by atoms with van der Waals surface area (Å²) in [6.45, 7) is 9.63. The molecule has 0 spiro atoms. The second kappa shape index (κ2) is 14.6. The number of halogens is 3. The van der Waals surface area contributed by atoms with Crippen LogP contribution in [-0.2, 0) is 10.3 Å². The molecular formula is C28H35Cl3N6O2. The Hall–Kier alpha value is -2.68. The highest BCUT2D eigenvalue weighted by molar-refractivity contribution is 6.66. The molecule has 0 fully saturated rings. The Balaban J connectivity index is 1.71. The maximum Gasteiger partial charge on any atom is 0.238 e. The quantitative estimate of drug-likeness (QED) is 0.158. The van der Waals surface area contributed by atoms with Gasteiger partial charge in [0.2, 0.25) is 9.67 Å². The van der Waals surface area contributed by atoms with Gasteiger partial charge in [0.15, 0.2) is 5.69 Å². The first-order chi connectivity index (χ1) is 18.6. The van der Waals surface area contributed by atoms with Gasteiger partial charge in [-0.25, -0.2) is 4.68 Å². The molecule has 39 heavy (non-hydrogen) atoms. The summed E-state index contributed by atoms with van der Waals surface area (Å²) in [5.41, 5.74) is 1.94. The van der Waals surface area contributed by atoms with E-state index < -0.39 is 3.79 Å². The number of aromatic nitrogens is 2. The van der Waals surface area contributed by atoms with Crippen LogP contribution in [0.3, 0.4) is 0 Å². The predicted molar refractivity (Wildman–Crippen MR) is 158 cm³/mol. The Morgan fingerprint density at radius 2 is 1.44 bits per heavy atom. The van der Waals surface area contributed by atoms with Crippen LogP contribution in [0, 0.1) is 11.8 Å². The fourth-order valence-electron chi connectivity index (χ4n) is 3.70. The minimum atomic E-state index is -1.87. The third kappa shape index (κ3) is 9.48. The van der Waals surface area contributed by atoms with E-state index >= 15 is 0 Å². The molecule has 11 heteroatoms. The van der Waals surface area contributed by atoms with Gasteiger partial charge >= 0.3 is 0 Å². The topological polar surface area (TPSA) is 96.7 Å². The Kier molecular flexibility index (Phi) is 11.6. The van der Waals surface area contributed by atoms with Crippen molar-refractivity contribution >= 4 is 57.6 Å². The van der Waals surface area contributed by atoms with E-state index in [1.54, 1.807) is 24.3 Å². The molecule has 1 aromatic heterocycles. The molecule has 0 saturated carbocycles. The van der Waals surface area contributed by atoms with Crippen molar-refractivity contribution in [3.63, 3.8) is 0 Å². The summed E-state index contributed by atoms with van der Waals surface area (Å²) in [7, 11) is 0. The van der Waals surface area contributed by atoms with Gasteiger partial charge in [0, 0.05) is 6.54 Å². The minimum Gasteiger partial charge on any atom is -0.493 e. The van der Waals surface area contributed by atoms with Gasteiger partial charge in [-0.1, -0.05) is 81.8 Å². The maximum atomic E-state index is 10.8.